The van der Waals surface area contributed by atoms with Crippen LogP contribution in [0.2, 0.25) is 0 Å². The maximum Gasteiger partial charge on any atom is 0.508 e. The van der Waals surface area contributed by atoms with E-state index < -0.39 is 6.16 Å². The van der Waals surface area contributed by atoms with Gasteiger partial charge in [0, 0.05) is 11.9 Å². The number of nitrogens with zero attached hydrogens (tertiary/aromatic N) is 1. The predicted molar refractivity (Wildman–Crippen MR) is 107 cm³/mol. The van der Waals surface area contributed by atoms with Gasteiger partial charge in [-0.3, -0.25) is 0 Å². The van der Waals surface area contributed by atoms with Gasteiger partial charge in [-0.1, -0.05) is 64.8 Å². The van der Waals surface area contributed by atoms with Crippen LogP contribution in [0, 0.1) is 17.3 Å². The summed E-state index contributed by atoms with van der Waals surface area (Å²) >= 11 is 0. The fraction of sp³-hybridized carbons (Fsp3) is 0.684. The minimum absolute atomic E-state index is 0.0730. The molecule has 0 aliphatic heterocycles. The molecule has 0 spiro atoms. The average molecular weight is 386 g/mol. The second kappa shape index (κ2) is 11.0. The van der Waals surface area contributed by atoms with Crippen LogP contribution in [0.15, 0.2) is 29.4 Å². The van der Waals surface area contributed by atoms with Crippen LogP contribution in [0.4, 0.5) is 4.79 Å². The van der Waals surface area contributed by atoms with Crippen LogP contribution in [0.5, 0.6) is 0 Å². The first-order valence-corrected chi connectivity index (χ1v) is 11.1. The highest BCUT2D eigenvalue weighted by Crippen LogP contribution is 2.34. The third-order valence-corrected chi connectivity index (χ3v) is 6.69. The van der Waals surface area contributed by atoms with Crippen LogP contribution in [-0.4, -0.2) is 29.6 Å². The molecule has 0 amide bonds. The lowest BCUT2D eigenvalue weighted by atomic mass is 9.75. The monoisotopic (exact) mass is 385 g/mol. The van der Waals surface area contributed by atoms with Gasteiger partial charge in [0.05, 0.1) is 0 Å². The van der Waals surface area contributed by atoms with Crippen molar-refractivity contribution in [3.8, 4) is 0 Å². The van der Waals surface area contributed by atoms with Crippen LogP contribution >= 0.6 is 21.6 Å². The van der Waals surface area contributed by atoms with Gasteiger partial charge in [0.1, 0.15) is 17.7 Å². The Hall–Kier alpha value is -0.880. The van der Waals surface area contributed by atoms with E-state index in [1.54, 1.807) is 27.8 Å². The molecule has 2 unspecified atom stereocenters. The molecule has 0 saturated carbocycles. The maximum absolute atomic E-state index is 12.1. The van der Waals surface area contributed by atoms with E-state index in [1.807, 2.05) is 18.2 Å². The highest BCUT2D eigenvalue weighted by molar-refractivity contribution is 8.76. The minimum Gasteiger partial charge on any atom is -0.433 e. The molecule has 0 saturated heterocycles. The standard InChI is InChI=1S/C19H31NO3S2/c1-7-14(2)17(15(3)19(4,5)6)23-18(21)22-12-13-24-25-16-10-8-9-11-20-16/h8-11,14-15,17H,7,12-13H2,1-6H3/t14?,15?,17-/m0/s1. The molecule has 1 aromatic rings. The predicted octanol–water partition coefficient (Wildman–Crippen LogP) is 6.07. The second-order valence-corrected chi connectivity index (χ2v) is 9.73. The summed E-state index contributed by atoms with van der Waals surface area (Å²) in [6.07, 6.45) is 2.04. The molecule has 0 fully saturated rings. The van der Waals surface area contributed by atoms with Crippen molar-refractivity contribution in [3.63, 3.8) is 0 Å². The van der Waals surface area contributed by atoms with Crippen LogP contribution in [0.3, 0.4) is 0 Å². The Morgan fingerprint density at radius 3 is 2.56 bits per heavy atom. The minimum atomic E-state index is -0.565. The molecular weight excluding hydrogens is 354 g/mol. The summed E-state index contributed by atoms with van der Waals surface area (Å²) in [6, 6.07) is 5.80. The normalized spacial score (nSPS) is 15.3. The number of hydrogen-bond donors (Lipinski definition) is 0. The van der Waals surface area contributed by atoms with Crippen molar-refractivity contribution >= 4 is 27.7 Å². The number of pyridine rings is 1. The molecule has 1 rings (SSSR count). The molecule has 142 valence electrons. The van der Waals surface area contributed by atoms with E-state index >= 15 is 0 Å². The van der Waals surface area contributed by atoms with Crippen LogP contribution in [-0.2, 0) is 9.47 Å². The second-order valence-electron chi connectivity index (χ2n) is 7.29. The van der Waals surface area contributed by atoms with Crippen molar-refractivity contribution in [2.45, 2.75) is 59.1 Å². The number of hydrogen-bond acceptors (Lipinski definition) is 6. The van der Waals surface area contributed by atoms with Gasteiger partial charge < -0.3 is 9.47 Å². The number of carbonyl (C=O) groups excluding carboxylic acids is 1. The van der Waals surface area contributed by atoms with Crippen molar-refractivity contribution in [3.05, 3.63) is 24.4 Å². The van der Waals surface area contributed by atoms with Crippen molar-refractivity contribution in [1.82, 2.24) is 4.98 Å². The molecule has 6 heteroatoms. The first-order chi connectivity index (χ1) is 11.8. The van der Waals surface area contributed by atoms with Gasteiger partial charge in [-0.25, -0.2) is 9.78 Å². The molecular formula is C19H31NO3S2. The summed E-state index contributed by atoms with van der Waals surface area (Å²) in [6.45, 7) is 13.2. The molecule has 0 aliphatic carbocycles. The third kappa shape index (κ3) is 8.36. The van der Waals surface area contributed by atoms with Crippen molar-refractivity contribution in [1.29, 1.82) is 0 Å². The van der Waals surface area contributed by atoms with E-state index in [9.17, 15) is 4.79 Å². The van der Waals surface area contributed by atoms with Crippen LogP contribution in [0.25, 0.3) is 0 Å². The van der Waals surface area contributed by atoms with Gasteiger partial charge in [-0.2, -0.15) is 0 Å². The molecule has 4 nitrogen and oxygen atoms in total. The SMILES string of the molecule is CCC(C)[C@H](OC(=O)OCCSSc1ccccn1)C(C)C(C)(C)C. The summed E-state index contributed by atoms with van der Waals surface area (Å²) in [5.41, 5.74) is 0.0730. The fourth-order valence-electron chi connectivity index (χ4n) is 2.24. The van der Waals surface area contributed by atoms with Gasteiger partial charge >= 0.3 is 6.16 Å². The van der Waals surface area contributed by atoms with E-state index in [-0.39, 0.29) is 17.4 Å². The summed E-state index contributed by atoms with van der Waals surface area (Å²) in [4.78, 5) is 16.3. The Morgan fingerprint density at radius 2 is 2.00 bits per heavy atom. The molecule has 0 bridgehead atoms. The van der Waals surface area contributed by atoms with Crippen LogP contribution in [0.1, 0.15) is 48.0 Å². The number of ether oxygens (including phenoxy) is 2. The number of rotatable bonds is 9. The third-order valence-electron chi connectivity index (χ3n) is 4.46. The molecule has 0 aromatic carbocycles. The number of aromatic nitrogens is 1. The molecule has 25 heavy (non-hydrogen) atoms. The van der Waals surface area contributed by atoms with Gasteiger partial charge in [0.2, 0.25) is 0 Å². The van der Waals surface area contributed by atoms with E-state index in [0.717, 1.165) is 11.4 Å². The number of carbonyl (C=O) groups is 1. The lowest BCUT2D eigenvalue weighted by Gasteiger charge is -2.36. The van der Waals surface area contributed by atoms with Crippen molar-refractivity contribution in [2.24, 2.45) is 17.3 Å². The quantitative estimate of drug-likeness (QED) is 0.292. The Kier molecular flexibility index (Phi) is 9.72. The smallest absolute Gasteiger partial charge is 0.433 e. The lowest BCUT2D eigenvalue weighted by molar-refractivity contribution is -0.0385. The molecule has 3 atom stereocenters. The van der Waals surface area contributed by atoms with Gasteiger partial charge in [-0.15, -0.1) is 0 Å². The molecule has 0 N–H and O–H groups in total. The summed E-state index contributed by atoms with van der Waals surface area (Å²) in [5.74, 6) is 1.25. The summed E-state index contributed by atoms with van der Waals surface area (Å²) in [5, 5.41) is 0.950. The van der Waals surface area contributed by atoms with E-state index in [2.05, 4.69) is 46.5 Å². The van der Waals surface area contributed by atoms with E-state index in [0.29, 0.717) is 18.3 Å². The highest BCUT2D eigenvalue weighted by atomic mass is 33.1. The largest absolute Gasteiger partial charge is 0.508 e. The summed E-state index contributed by atoms with van der Waals surface area (Å²) in [7, 11) is 3.19. The maximum atomic E-state index is 12.1. The first-order valence-electron chi connectivity index (χ1n) is 8.79. The van der Waals surface area contributed by atoms with E-state index in [4.69, 9.17) is 9.47 Å². The zero-order valence-electron chi connectivity index (χ0n) is 16.2. The molecule has 0 aliphatic rings. The first kappa shape index (κ1) is 22.2. The zero-order valence-corrected chi connectivity index (χ0v) is 17.8. The van der Waals surface area contributed by atoms with Gasteiger partial charge in [0.25, 0.3) is 0 Å². The molecule has 1 aromatic heterocycles. The summed E-state index contributed by atoms with van der Waals surface area (Å²) < 4.78 is 10.9. The topological polar surface area (TPSA) is 48.4 Å². The highest BCUT2D eigenvalue weighted by Gasteiger charge is 2.34. The van der Waals surface area contributed by atoms with Gasteiger partial charge in [-0.05, 0) is 40.2 Å². The molecule has 1 heterocycles. The Morgan fingerprint density at radius 1 is 1.28 bits per heavy atom. The van der Waals surface area contributed by atoms with Gasteiger partial charge in [0.15, 0.2) is 0 Å². The Labute approximate surface area is 160 Å². The van der Waals surface area contributed by atoms with Crippen LogP contribution < -0.4 is 0 Å². The molecule has 0 radical (unpaired) electrons. The fourth-order valence-corrected chi connectivity index (χ4v) is 3.94. The van der Waals surface area contributed by atoms with Crippen molar-refractivity contribution in [2.75, 3.05) is 12.4 Å². The Balaban J connectivity index is 2.36. The van der Waals surface area contributed by atoms with Crippen molar-refractivity contribution < 1.29 is 14.3 Å². The Bertz CT molecular complexity index is 505. The zero-order chi connectivity index (χ0) is 18.9. The lowest BCUT2D eigenvalue weighted by Crippen LogP contribution is -2.38. The van der Waals surface area contributed by atoms with E-state index in [1.165, 1.54) is 0 Å². The average Bonchev–Trinajstić information content (AvgIpc) is 2.58.